The zero-order chi connectivity index (χ0) is 13.3. The molecule has 0 amide bonds. The van der Waals surface area contributed by atoms with Gasteiger partial charge in [0.25, 0.3) is 0 Å². The fraction of sp³-hybridized carbons (Fsp3) is 0.308. The zero-order valence-electron chi connectivity index (χ0n) is 11.4. The Hall–Kier alpha value is -1.88. The molecule has 0 aliphatic heterocycles. The van der Waals surface area contributed by atoms with Crippen LogP contribution in [-0.2, 0) is 0 Å². The molecular formula is C13H17ClN4O. The Kier molecular flexibility index (Phi) is 4.67. The fourth-order valence-electron chi connectivity index (χ4n) is 1.88. The molecule has 6 heteroatoms. The van der Waals surface area contributed by atoms with Crippen molar-refractivity contribution in [3.63, 3.8) is 0 Å². The largest absolute Gasteiger partial charge is 0.356 e. The summed E-state index contributed by atoms with van der Waals surface area (Å²) >= 11 is 0. The van der Waals surface area contributed by atoms with Gasteiger partial charge in [0.2, 0.25) is 5.95 Å². The summed E-state index contributed by atoms with van der Waals surface area (Å²) in [5.41, 5.74) is 2.59. The van der Waals surface area contributed by atoms with Crippen LogP contribution in [0.25, 0.3) is 5.69 Å². The average Bonchev–Trinajstić information content (AvgIpc) is 2.30. The second-order valence-electron chi connectivity index (χ2n) is 4.44. The lowest BCUT2D eigenvalue weighted by molar-refractivity contribution is 0.828. The summed E-state index contributed by atoms with van der Waals surface area (Å²) in [7, 11) is 3.61. The number of aromatic nitrogens is 3. The van der Waals surface area contributed by atoms with Crippen LogP contribution in [0.4, 0.5) is 5.95 Å². The van der Waals surface area contributed by atoms with E-state index in [1.807, 2.05) is 32.0 Å². The molecule has 19 heavy (non-hydrogen) atoms. The van der Waals surface area contributed by atoms with Crippen molar-refractivity contribution < 1.29 is 0 Å². The summed E-state index contributed by atoms with van der Waals surface area (Å²) in [5.74, 6) is 0.419. The van der Waals surface area contributed by atoms with Crippen molar-refractivity contribution in [1.29, 1.82) is 0 Å². The summed E-state index contributed by atoms with van der Waals surface area (Å²) in [6.45, 7) is 3.93. The van der Waals surface area contributed by atoms with Gasteiger partial charge in [0.05, 0.1) is 5.69 Å². The first-order valence-electron chi connectivity index (χ1n) is 5.70. The molecule has 0 spiro atoms. The van der Waals surface area contributed by atoms with E-state index >= 15 is 0 Å². The van der Waals surface area contributed by atoms with Crippen LogP contribution in [0, 0.1) is 13.8 Å². The quantitative estimate of drug-likeness (QED) is 0.841. The molecule has 2 rings (SSSR count). The molecule has 1 aromatic carbocycles. The van der Waals surface area contributed by atoms with Crippen LogP contribution in [0.5, 0.6) is 0 Å². The van der Waals surface area contributed by atoms with E-state index in [2.05, 4.69) is 9.97 Å². The Morgan fingerprint density at radius 1 is 1.16 bits per heavy atom. The Labute approximate surface area is 118 Å². The van der Waals surface area contributed by atoms with Crippen LogP contribution in [-0.4, -0.2) is 28.6 Å². The van der Waals surface area contributed by atoms with Crippen molar-refractivity contribution in [1.82, 2.24) is 14.5 Å². The molecule has 0 saturated heterocycles. The molecule has 0 fully saturated rings. The Morgan fingerprint density at radius 2 is 1.74 bits per heavy atom. The summed E-state index contributed by atoms with van der Waals surface area (Å²) in [6, 6.07) is 5.90. The number of para-hydroxylation sites is 1. The highest BCUT2D eigenvalue weighted by atomic mass is 35.5. The lowest BCUT2D eigenvalue weighted by Gasteiger charge is -2.13. The van der Waals surface area contributed by atoms with Gasteiger partial charge in [0.15, 0.2) is 0 Å². The number of halogens is 1. The number of rotatable bonds is 2. The molecule has 0 bridgehead atoms. The number of aryl methyl sites for hydroxylation is 2. The predicted octanol–water partition coefficient (Wildman–Crippen LogP) is 1.73. The second kappa shape index (κ2) is 5.84. The predicted molar refractivity (Wildman–Crippen MR) is 78.7 cm³/mol. The van der Waals surface area contributed by atoms with Crippen LogP contribution in [0.15, 0.2) is 29.3 Å². The highest BCUT2D eigenvalue weighted by molar-refractivity contribution is 5.85. The van der Waals surface area contributed by atoms with E-state index in [0.717, 1.165) is 16.8 Å². The van der Waals surface area contributed by atoms with E-state index in [-0.39, 0.29) is 18.1 Å². The number of hydrogen-bond donors (Lipinski definition) is 0. The van der Waals surface area contributed by atoms with Gasteiger partial charge in [-0.15, -0.1) is 12.4 Å². The highest BCUT2D eigenvalue weighted by Gasteiger charge is 2.09. The third kappa shape index (κ3) is 2.93. The first-order valence-corrected chi connectivity index (χ1v) is 5.70. The van der Waals surface area contributed by atoms with Crippen LogP contribution < -0.4 is 10.6 Å². The summed E-state index contributed by atoms with van der Waals surface area (Å²) in [4.78, 5) is 21.9. The van der Waals surface area contributed by atoms with Gasteiger partial charge in [-0.3, -0.25) is 4.57 Å². The second-order valence-corrected chi connectivity index (χ2v) is 4.44. The summed E-state index contributed by atoms with van der Waals surface area (Å²) in [5, 5.41) is 0. The molecule has 0 radical (unpaired) electrons. The maximum Gasteiger partial charge on any atom is 0.356 e. The molecule has 1 aromatic heterocycles. The normalized spacial score (nSPS) is 9.89. The molecular weight excluding hydrogens is 264 g/mol. The van der Waals surface area contributed by atoms with Crippen molar-refractivity contribution in [3.05, 3.63) is 46.1 Å². The average molecular weight is 281 g/mol. The number of nitrogens with zero attached hydrogens (tertiary/aromatic N) is 4. The molecule has 1 heterocycles. The van der Waals surface area contributed by atoms with Gasteiger partial charge in [-0.2, -0.15) is 4.98 Å². The van der Waals surface area contributed by atoms with Crippen LogP contribution in [0.2, 0.25) is 0 Å². The van der Waals surface area contributed by atoms with Crippen molar-refractivity contribution in [2.75, 3.05) is 19.0 Å². The Balaban J connectivity index is 0.00000180. The van der Waals surface area contributed by atoms with Crippen LogP contribution in [0.3, 0.4) is 0 Å². The third-order valence-electron chi connectivity index (χ3n) is 2.77. The van der Waals surface area contributed by atoms with Gasteiger partial charge >= 0.3 is 5.69 Å². The Morgan fingerprint density at radius 3 is 2.21 bits per heavy atom. The van der Waals surface area contributed by atoms with Gasteiger partial charge in [0.1, 0.15) is 6.33 Å². The van der Waals surface area contributed by atoms with Gasteiger partial charge in [0, 0.05) is 14.1 Å². The molecule has 0 N–H and O–H groups in total. The van der Waals surface area contributed by atoms with E-state index in [9.17, 15) is 4.79 Å². The van der Waals surface area contributed by atoms with Crippen molar-refractivity contribution in [3.8, 4) is 5.69 Å². The van der Waals surface area contributed by atoms with Crippen molar-refractivity contribution >= 4 is 18.4 Å². The standard InChI is InChI=1S/C13H16N4O.ClH/c1-9-6-5-7-10(2)11(9)17-8-14-12(16(3)4)15-13(17)18;/h5-8H,1-4H3;1H. The van der Waals surface area contributed by atoms with Gasteiger partial charge in [-0.25, -0.2) is 9.78 Å². The summed E-state index contributed by atoms with van der Waals surface area (Å²) < 4.78 is 1.48. The SMILES string of the molecule is Cc1cccc(C)c1-n1cnc(N(C)C)nc1=O.Cl. The fourth-order valence-corrected chi connectivity index (χ4v) is 1.88. The number of hydrogen-bond acceptors (Lipinski definition) is 4. The van der Waals surface area contributed by atoms with E-state index in [0.29, 0.717) is 5.95 Å². The van der Waals surface area contributed by atoms with Gasteiger partial charge < -0.3 is 4.90 Å². The highest BCUT2D eigenvalue weighted by Crippen LogP contribution is 2.16. The minimum atomic E-state index is -0.314. The maximum atomic E-state index is 12.0. The van der Waals surface area contributed by atoms with E-state index in [1.165, 1.54) is 10.9 Å². The van der Waals surface area contributed by atoms with E-state index < -0.39 is 0 Å². The lowest BCUT2D eigenvalue weighted by Crippen LogP contribution is -2.26. The number of anilines is 1. The van der Waals surface area contributed by atoms with E-state index in [1.54, 1.807) is 19.0 Å². The molecule has 2 aromatic rings. The molecule has 0 atom stereocenters. The smallest absolute Gasteiger partial charge is 0.347 e. The first-order chi connectivity index (χ1) is 8.50. The number of benzene rings is 1. The van der Waals surface area contributed by atoms with Crippen molar-refractivity contribution in [2.45, 2.75) is 13.8 Å². The van der Waals surface area contributed by atoms with Gasteiger partial charge in [-0.05, 0) is 25.0 Å². The van der Waals surface area contributed by atoms with Crippen LogP contribution >= 0.6 is 12.4 Å². The van der Waals surface area contributed by atoms with Crippen molar-refractivity contribution in [2.24, 2.45) is 0 Å². The monoisotopic (exact) mass is 280 g/mol. The Bertz CT molecular complexity index is 617. The third-order valence-corrected chi connectivity index (χ3v) is 2.77. The first kappa shape index (κ1) is 15.2. The van der Waals surface area contributed by atoms with Crippen LogP contribution in [0.1, 0.15) is 11.1 Å². The molecule has 0 aliphatic carbocycles. The molecule has 0 saturated carbocycles. The lowest BCUT2D eigenvalue weighted by atomic mass is 10.1. The zero-order valence-corrected chi connectivity index (χ0v) is 12.2. The van der Waals surface area contributed by atoms with E-state index in [4.69, 9.17) is 0 Å². The summed E-state index contributed by atoms with van der Waals surface area (Å²) in [6.07, 6.45) is 1.53. The minimum absolute atomic E-state index is 0. The topological polar surface area (TPSA) is 51.0 Å². The molecule has 0 unspecified atom stereocenters. The molecule has 102 valence electrons. The van der Waals surface area contributed by atoms with Gasteiger partial charge in [-0.1, -0.05) is 18.2 Å². The molecule has 0 aliphatic rings. The molecule has 5 nitrogen and oxygen atoms in total. The minimum Gasteiger partial charge on any atom is -0.347 e. The maximum absolute atomic E-state index is 12.0.